The zero-order valence-corrected chi connectivity index (χ0v) is 11.9. The van der Waals surface area contributed by atoms with Crippen LogP contribution in [0.3, 0.4) is 0 Å². The van der Waals surface area contributed by atoms with Crippen LogP contribution in [0.2, 0.25) is 0 Å². The van der Waals surface area contributed by atoms with Gasteiger partial charge in [-0.25, -0.2) is 4.79 Å². The number of carbonyl (C=O) groups is 2. The van der Waals surface area contributed by atoms with Gasteiger partial charge in [0.1, 0.15) is 5.54 Å². The van der Waals surface area contributed by atoms with Crippen molar-refractivity contribution >= 4 is 18.2 Å². The Kier molecular flexibility index (Phi) is 3.95. The van der Waals surface area contributed by atoms with E-state index >= 15 is 0 Å². The monoisotopic (exact) mass is 313 g/mol. The van der Waals surface area contributed by atoms with Crippen LogP contribution in [0.15, 0.2) is 29.4 Å². The maximum absolute atomic E-state index is 12.4. The van der Waals surface area contributed by atoms with Gasteiger partial charge in [0.15, 0.2) is 0 Å². The summed E-state index contributed by atoms with van der Waals surface area (Å²) < 4.78 is 37.3. The molecule has 0 aromatic heterocycles. The molecule has 0 aliphatic carbocycles. The third-order valence-corrected chi connectivity index (χ3v) is 3.51. The molecule has 0 radical (unpaired) electrons. The number of urea groups is 1. The average Bonchev–Trinajstić information content (AvgIpc) is 2.67. The molecule has 3 amide bonds. The minimum Gasteiger partial charge on any atom is -0.322 e. The lowest BCUT2D eigenvalue weighted by atomic mass is 10.00. The molecule has 1 saturated heterocycles. The van der Waals surface area contributed by atoms with Crippen molar-refractivity contribution in [2.45, 2.75) is 32.0 Å². The van der Waals surface area contributed by atoms with Crippen molar-refractivity contribution in [3.63, 3.8) is 0 Å². The molecule has 1 aliphatic heterocycles. The van der Waals surface area contributed by atoms with Gasteiger partial charge in [0.2, 0.25) is 0 Å². The van der Waals surface area contributed by atoms with E-state index in [1.54, 1.807) is 13.8 Å². The van der Waals surface area contributed by atoms with Gasteiger partial charge in [-0.15, -0.1) is 5.01 Å². The molecule has 0 spiro atoms. The number of hydrogen-bond acceptors (Lipinski definition) is 3. The minimum absolute atomic E-state index is 0.346. The quantitative estimate of drug-likeness (QED) is 0.689. The lowest BCUT2D eigenvalue weighted by Crippen LogP contribution is -2.42. The number of carbonyl (C=O) groups excluding carboxylic acids is 2. The van der Waals surface area contributed by atoms with Crippen LogP contribution < -0.4 is 5.32 Å². The predicted octanol–water partition coefficient (Wildman–Crippen LogP) is 2.76. The number of halogens is 3. The van der Waals surface area contributed by atoms with Gasteiger partial charge in [-0.1, -0.05) is 19.1 Å². The van der Waals surface area contributed by atoms with E-state index in [4.69, 9.17) is 0 Å². The summed E-state index contributed by atoms with van der Waals surface area (Å²) in [6.45, 7) is 3.34. The Morgan fingerprint density at radius 1 is 1.27 bits per heavy atom. The lowest BCUT2D eigenvalue weighted by molar-refractivity contribution is -0.137. The van der Waals surface area contributed by atoms with Gasteiger partial charge in [0.05, 0.1) is 11.8 Å². The van der Waals surface area contributed by atoms with Gasteiger partial charge in [0, 0.05) is 0 Å². The highest BCUT2D eigenvalue weighted by atomic mass is 19.4. The summed E-state index contributed by atoms with van der Waals surface area (Å²) in [7, 11) is 0. The first-order chi connectivity index (χ1) is 10.2. The van der Waals surface area contributed by atoms with Crippen LogP contribution in [-0.4, -0.2) is 28.7 Å². The molecule has 1 aromatic rings. The molecule has 1 heterocycles. The molecule has 0 saturated carbocycles. The third-order valence-electron chi connectivity index (χ3n) is 3.51. The minimum atomic E-state index is -4.41. The molecule has 8 heteroatoms. The molecule has 0 bridgehead atoms. The first kappa shape index (κ1) is 16.0. The number of nitrogens with zero attached hydrogens (tertiary/aromatic N) is 2. The van der Waals surface area contributed by atoms with E-state index in [1.165, 1.54) is 18.3 Å². The van der Waals surface area contributed by atoms with Gasteiger partial charge >= 0.3 is 12.2 Å². The van der Waals surface area contributed by atoms with E-state index in [9.17, 15) is 22.8 Å². The van der Waals surface area contributed by atoms with Crippen LogP contribution in [0.4, 0.5) is 18.0 Å². The fourth-order valence-electron chi connectivity index (χ4n) is 1.90. The number of nitrogens with one attached hydrogen (secondary N) is 1. The van der Waals surface area contributed by atoms with Crippen LogP contribution in [0.25, 0.3) is 0 Å². The standard InChI is InChI=1S/C14H14F3N3O2/c1-3-13(2)11(21)20(12(22)19-13)18-8-9-4-6-10(7-5-9)14(15,16)17/h4-8H,3H2,1-2H3,(H,19,22)/b18-8+. The SMILES string of the molecule is CCC1(C)NC(=O)N(/N=C/c2ccc(C(F)(F)F)cc2)C1=O. The molecule has 1 aliphatic rings. The van der Waals surface area contributed by atoms with Crippen LogP contribution in [0.1, 0.15) is 31.4 Å². The molecular formula is C14H14F3N3O2. The molecule has 2 rings (SSSR count). The summed E-state index contributed by atoms with van der Waals surface area (Å²) >= 11 is 0. The van der Waals surface area contributed by atoms with Crippen LogP contribution in [0, 0.1) is 0 Å². The summed E-state index contributed by atoms with van der Waals surface area (Å²) in [4.78, 5) is 23.8. The number of benzene rings is 1. The summed E-state index contributed by atoms with van der Waals surface area (Å²) in [5.41, 5.74) is -1.44. The predicted molar refractivity (Wildman–Crippen MR) is 73.1 cm³/mol. The second-order valence-corrected chi connectivity index (χ2v) is 5.10. The van der Waals surface area contributed by atoms with Crippen LogP contribution >= 0.6 is 0 Å². The fourth-order valence-corrected chi connectivity index (χ4v) is 1.90. The Balaban J connectivity index is 2.16. The second kappa shape index (κ2) is 5.43. The summed E-state index contributed by atoms with van der Waals surface area (Å²) in [5.74, 6) is -0.497. The number of amides is 3. The topological polar surface area (TPSA) is 61.8 Å². The maximum Gasteiger partial charge on any atom is 0.416 e. The molecule has 118 valence electrons. The Hall–Kier alpha value is -2.38. The number of hydrazone groups is 1. The van der Waals surface area contributed by atoms with Gasteiger partial charge in [-0.2, -0.15) is 18.3 Å². The van der Waals surface area contributed by atoms with E-state index < -0.39 is 29.2 Å². The van der Waals surface area contributed by atoms with E-state index in [0.29, 0.717) is 17.0 Å². The summed E-state index contributed by atoms with van der Waals surface area (Å²) in [6.07, 6.45) is -2.84. The molecular weight excluding hydrogens is 299 g/mol. The number of hydrogen-bond donors (Lipinski definition) is 1. The largest absolute Gasteiger partial charge is 0.416 e. The van der Waals surface area contributed by atoms with Crippen molar-refractivity contribution in [1.29, 1.82) is 0 Å². The van der Waals surface area contributed by atoms with E-state index in [2.05, 4.69) is 10.4 Å². The zero-order valence-electron chi connectivity index (χ0n) is 11.9. The highest BCUT2D eigenvalue weighted by Crippen LogP contribution is 2.29. The summed E-state index contributed by atoms with van der Waals surface area (Å²) in [6, 6.07) is 3.58. The van der Waals surface area contributed by atoms with E-state index in [-0.39, 0.29) is 0 Å². The maximum atomic E-state index is 12.4. The van der Waals surface area contributed by atoms with Crippen molar-refractivity contribution in [3.8, 4) is 0 Å². The first-order valence-corrected chi connectivity index (χ1v) is 6.55. The van der Waals surface area contributed by atoms with Crippen molar-refractivity contribution in [2.75, 3.05) is 0 Å². The fraction of sp³-hybridized carbons (Fsp3) is 0.357. The van der Waals surface area contributed by atoms with Crippen LogP contribution in [-0.2, 0) is 11.0 Å². The molecule has 1 atom stereocenters. The molecule has 5 nitrogen and oxygen atoms in total. The Morgan fingerprint density at radius 2 is 1.86 bits per heavy atom. The van der Waals surface area contributed by atoms with E-state index in [0.717, 1.165) is 12.1 Å². The molecule has 1 N–H and O–H groups in total. The van der Waals surface area contributed by atoms with Gasteiger partial charge < -0.3 is 5.32 Å². The van der Waals surface area contributed by atoms with Crippen LogP contribution in [0.5, 0.6) is 0 Å². The zero-order chi connectivity index (χ0) is 16.5. The van der Waals surface area contributed by atoms with Gasteiger partial charge in [0.25, 0.3) is 5.91 Å². The van der Waals surface area contributed by atoms with Gasteiger partial charge in [-0.3, -0.25) is 4.79 Å². The van der Waals surface area contributed by atoms with Crippen molar-refractivity contribution < 1.29 is 22.8 Å². The van der Waals surface area contributed by atoms with Crippen molar-refractivity contribution in [1.82, 2.24) is 10.3 Å². The van der Waals surface area contributed by atoms with E-state index in [1.807, 2.05) is 0 Å². The number of imide groups is 1. The smallest absolute Gasteiger partial charge is 0.322 e. The molecule has 1 unspecified atom stereocenters. The Bertz CT molecular complexity index is 625. The Labute approximate surface area is 124 Å². The second-order valence-electron chi connectivity index (χ2n) is 5.10. The highest BCUT2D eigenvalue weighted by Gasteiger charge is 2.46. The van der Waals surface area contributed by atoms with Gasteiger partial charge in [-0.05, 0) is 31.0 Å². The lowest BCUT2D eigenvalue weighted by Gasteiger charge is -2.17. The van der Waals surface area contributed by atoms with Crippen molar-refractivity contribution in [2.24, 2.45) is 5.10 Å². The first-order valence-electron chi connectivity index (χ1n) is 6.55. The number of rotatable bonds is 3. The number of alkyl halides is 3. The molecule has 1 aromatic carbocycles. The Morgan fingerprint density at radius 3 is 2.32 bits per heavy atom. The third kappa shape index (κ3) is 2.95. The summed E-state index contributed by atoms with van der Waals surface area (Å²) in [5, 5.41) is 6.96. The molecule has 22 heavy (non-hydrogen) atoms. The highest BCUT2D eigenvalue weighted by molar-refractivity contribution is 6.07. The normalized spacial score (nSPS) is 22.5. The average molecular weight is 313 g/mol. The van der Waals surface area contributed by atoms with Crippen molar-refractivity contribution in [3.05, 3.63) is 35.4 Å². The molecule has 1 fully saturated rings.